The van der Waals surface area contributed by atoms with E-state index in [1.807, 2.05) is 0 Å². The molecule has 1 aliphatic carbocycles. The van der Waals surface area contributed by atoms with Crippen molar-refractivity contribution in [1.29, 1.82) is 0 Å². The number of likely N-dealkylation sites (tertiary alicyclic amines) is 1. The Kier molecular flexibility index (Phi) is 4.63. The largest absolute Gasteiger partial charge is 0.353 e. The van der Waals surface area contributed by atoms with Gasteiger partial charge in [-0.15, -0.1) is 0 Å². The minimum atomic E-state index is 0.253. The summed E-state index contributed by atoms with van der Waals surface area (Å²) in [5.41, 5.74) is 1.27. The number of aryl methyl sites for hydroxylation is 1. The Morgan fingerprint density at radius 3 is 2.86 bits per heavy atom. The number of nitrogens with zero attached hydrogens (tertiary/aromatic N) is 2. The first-order valence-corrected chi connectivity index (χ1v) is 8.37. The molecule has 1 aliphatic heterocycles. The van der Waals surface area contributed by atoms with Crippen LogP contribution in [0.4, 0.5) is 0 Å². The van der Waals surface area contributed by atoms with E-state index in [0.29, 0.717) is 6.54 Å². The molecule has 0 aromatic carbocycles. The minimum absolute atomic E-state index is 0.253. The van der Waals surface area contributed by atoms with Gasteiger partial charge in [0.2, 0.25) is 5.91 Å². The molecule has 2 aliphatic rings. The van der Waals surface area contributed by atoms with E-state index in [0.717, 1.165) is 31.8 Å². The highest BCUT2D eigenvalue weighted by atomic mass is 16.2. The van der Waals surface area contributed by atoms with Crippen LogP contribution in [0.15, 0.2) is 18.3 Å². The summed E-state index contributed by atoms with van der Waals surface area (Å²) in [5.74, 6) is 1.09. The second-order valence-electron chi connectivity index (χ2n) is 6.57. The van der Waals surface area contributed by atoms with Crippen molar-refractivity contribution in [2.45, 2.75) is 44.6 Å². The molecular weight excluding hydrogens is 262 g/mol. The molecule has 0 radical (unpaired) electrons. The molecule has 2 fully saturated rings. The molecule has 1 N–H and O–H groups in total. The van der Waals surface area contributed by atoms with E-state index in [-0.39, 0.29) is 11.9 Å². The van der Waals surface area contributed by atoms with E-state index < -0.39 is 0 Å². The SMILES string of the molecule is Cn1cccc1C1CCCCCN1C(=O)CNCC1CC1. The van der Waals surface area contributed by atoms with Gasteiger partial charge >= 0.3 is 0 Å². The smallest absolute Gasteiger partial charge is 0.237 e. The molecule has 1 unspecified atom stereocenters. The average molecular weight is 289 g/mol. The molecule has 1 atom stereocenters. The summed E-state index contributed by atoms with van der Waals surface area (Å²) in [6, 6.07) is 4.49. The Morgan fingerprint density at radius 1 is 1.29 bits per heavy atom. The van der Waals surface area contributed by atoms with Crippen LogP contribution in [0.3, 0.4) is 0 Å². The third kappa shape index (κ3) is 3.67. The van der Waals surface area contributed by atoms with Crippen LogP contribution in [0.2, 0.25) is 0 Å². The lowest BCUT2D eigenvalue weighted by atomic mass is 10.1. The Bertz CT molecular complexity index is 478. The van der Waals surface area contributed by atoms with Crippen molar-refractivity contribution < 1.29 is 4.79 Å². The molecular formula is C17H27N3O. The van der Waals surface area contributed by atoms with Crippen LogP contribution in [0.1, 0.15) is 50.3 Å². The zero-order valence-electron chi connectivity index (χ0n) is 13.1. The van der Waals surface area contributed by atoms with Crippen LogP contribution in [0.25, 0.3) is 0 Å². The third-order valence-corrected chi connectivity index (χ3v) is 4.80. The summed E-state index contributed by atoms with van der Waals surface area (Å²) in [6.07, 6.45) is 9.42. The van der Waals surface area contributed by atoms with Crippen LogP contribution >= 0.6 is 0 Å². The first-order valence-electron chi connectivity index (χ1n) is 8.37. The number of amides is 1. The molecule has 1 saturated carbocycles. The van der Waals surface area contributed by atoms with Gasteiger partial charge in [0, 0.05) is 25.5 Å². The fourth-order valence-electron chi connectivity index (χ4n) is 3.34. The Morgan fingerprint density at radius 2 is 2.14 bits per heavy atom. The van der Waals surface area contributed by atoms with Gasteiger partial charge in [-0.05, 0) is 50.3 Å². The maximum Gasteiger partial charge on any atom is 0.237 e. The van der Waals surface area contributed by atoms with Crippen LogP contribution in [-0.2, 0) is 11.8 Å². The molecule has 2 heterocycles. The van der Waals surface area contributed by atoms with E-state index in [2.05, 4.69) is 40.2 Å². The predicted molar refractivity (Wildman–Crippen MR) is 83.9 cm³/mol. The molecule has 1 aromatic rings. The Balaban J connectivity index is 1.65. The van der Waals surface area contributed by atoms with E-state index in [4.69, 9.17) is 0 Å². The quantitative estimate of drug-likeness (QED) is 0.904. The zero-order valence-corrected chi connectivity index (χ0v) is 13.1. The lowest BCUT2D eigenvalue weighted by Gasteiger charge is -2.31. The number of nitrogens with one attached hydrogen (secondary N) is 1. The highest BCUT2D eigenvalue weighted by molar-refractivity contribution is 5.78. The monoisotopic (exact) mass is 289 g/mol. The Hall–Kier alpha value is -1.29. The molecule has 1 aromatic heterocycles. The molecule has 116 valence electrons. The van der Waals surface area contributed by atoms with Crippen LogP contribution in [0, 0.1) is 5.92 Å². The highest BCUT2D eigenvalue weighted by Gasteiger charge is 2.28. The van der Waals surface area contributed by atoms with E-state index in [1.54, 1.807) is 0 Å². The van der Waals surface area contributed by atoms with E-state index in [1.165, 1.54) is 31.4 Å². The molecule has 3 rings (SSSR count). The van der Waals surface area contributed by atoms with Gasteiger partial charge < -0.3 is 14.8 Å². The number of carbonyl (C=O) groups is 1. The molecule has 1 saturated heterocycles. The summed E-state index contributed by atoms with van der Waals surface area (Å²) in [7, 11) is 2.08. The summed E-state index contributed by atoms with van der Waals surface area (Å²) in [6.45, 7) is 2.41. The lowest BCUT2D eigenvalue weighted by Crippen LogP contribution is -2.41. The molecule has 0 bridgehead atoms. The topological polar surface area (TPSA) is 37.3 Å². The van der Waals surface area contributed by atoms with Gasteiger partial charge in [0.05, 0.1) is 12.6 Å². The summed E-state index contributed by atoms with van der Waals surface area (Å²) < 4.78 is 2.16. The third-order valence-electron chi connectivity index (χ3n) is 4.80. The minimum Gasteiger partial charge on any atom is -0.353 e. The van der Waals surface area contributed by atoms with Gasteiger partial charge in [-0.2, -0.15) is 0 Å². The molecule has 4 heteroatoms. The Labute approximate surface area is 127 Å². The van der Waals surface area contributed by atoms with Crippen molar-refractivity contribution in [3.8, 4) is 0 Å². The van der Waals surface area contributed by atoms with Crippen LogP contribution < -0.4 is 5.32 Å². The van der Waals surface area contributed by atoms with Gasteiger partial charge in [0.15, 0.2) is 0 Å². The van der Waals surface area contributed by atoms with Crippen molar-refractivity contribution in [1.82, 2.24) is 14.8 Å². The van der Waals surface area contributed by atoms with Crippen molar-refractivity contribution in [2.75, 3.05) is 19.6 Å². The average Bonchev–Trinajstić information content (AvgIpc) is 3.24. The maximum atomic E-state index is 12.6. The van der Waals surface area contributed by atoms with Crippen LogP contribution in [0.5, 0.6) is 0 Å². The molecule has 4 nitrogen and oxygen atoms in total. The maximum absolute atomic E-state index is 12.6. The number of carbonyl (C=O) groups excluding carboxylic acids is 1. The molecule has 0 spiro atoms. The fraction of sp³-hybridized carbons (Fsp3) is 0.706. The number of rotatable bonds is 5. The number of hydrogen-bond donors (Lipinski definition) is 1. The van der Waals surface area contributed by atoms with Gasteiger partial charge in [0.25, 0.3) is 0 Å². The lowest BCUT2D eigenvalue weighted by molar-refractivity contribution is -0.132. The standard InChI is InChI=1S/C17H27N3O/c1-19-10-5-7-15(19)16-6-3-2-4-11-20(16)17(21)13-18-12-14-8-9-14/h5,7,10,14,16,18H,2-4,6,8-9,11-13H2,1H3. The second kappa shape index (κ2) is 6.65. The van der Waals surface area contributed by atoms with Crippen molar-refractivity contribution in [3.63, 3.8) is 0 Å². The summed E-state index contributed by atoms with van der Waals surface area (Å²) in [5, 5.41) is 3.35. The van der Waals surface area contributed by atoms with Gasteiger partial charge in [-0.3, -0.25) is 4.79 Å². The first-order chi connectivity index (χ1) is 10.3. The normalized spacial score (nSPS) is 23.1. The molecule has 1 amide bonds. The van der Waals surface area contributed by atoms with E-state index >= 15 is 0 Å². The predicted octanol–water partition coefficient (Wildman–Crippen LogP) is 2.47. The van der Waals surface area contributed by atoms with Crippen LogP contribution in [-0.4, -0.2) is 35.0 Å². The van der Waals surface area contributed by atoms with Crippen molar-refractivity contribution in [3.05, 3.63) is 24.0 Å². The van der Waals surface area contributed by atoms with Gasteiger partial charge in [-0.1, -0.05) is 12.8 Å². The van der Waals surface area contributed by atoms with Gasteiger partial charge in [-0.25, -0.2) is 0 Å². The second-order valence-corrected chi connectivity index (χ2v) is 6.57. The van der Waals surface area contributed by atoms with Gasteiger partial charge in [0.1, 0.15) is 0 Å². The fourth-order valence-corrected chi connectivity index (χ4v) is 3.34. The van der Waals surface area contributed by atoms with Crippen molar-refractivity contribution in [2.24, 2.45) is 13.0 Å². The van der Waals surface area contributed by atoms with E-state index in [9.17, 15) is 4.79 Å². The zero-order chi connectivity index (χ0) is 14.7. The number of aromatic nitrogens is 1. The van der Waals surface area contributed by atoms with Crippen molar-refractivity contribution >= 4 is 5.91 Å². The summed E-state index contributed by atoms with van der Waals surface area (Å²) >= 11 is 0. The summed E-state index contributed by atoms with van der Waals surface area (Å²) in [4.78, 5) is 14.7. The molecule has 21 heavy (non-hydrogen) atoms. The first kappa shape index (κ1) is 14.6. The number of hydrogen-bond acceptors (Lipinski definition) is 2. The highest BCUT2D eigenvalue weighted by Crippen LogP contribution is 2.30.